The van der Waals surface area contributed by atoms with Crippen LogP contribution in [0.1, 0.15) is 30.3 Å². The van der Waals surface area contributed by atoms with Crippen LogP contribution in [-0.2, 0) is 29.4 Å². The van der Waals surface area contributed by atoms with Crippen molar-refractivity contribution in [2.45, 2.75) is 38.8 Å². The van der Waals surface area contributed by atoms with Gasteiger partial charge < -0.3 is 9.67 Å². The highest BCUT2D eigenvalue weighted by Gasteiger charge is 2.31. The number of amides is 1. The summed E-state index contributed by atoms with van der Waals surface area (Å²) >= 11 is 0. The van der Waals surface area contributed by atoms with Gasteiger partial charge in [0.25, 0.3) is 0 Å². The van der Waals surface area contributed by atoms with E-state index in [2.05, 4.69) is 21.6 Å². The lowest BCUT2D eigenvalue weighted by Crippen LogP contribution is -2.48. The Kier molecular flexibility index (Phi) is 6.76. The number of imidazole rings is 1. The molecule has 1 N–H and O–H groups in total. The van der Waals surface area contributed by atoms with Gasteiger partial charge in [-0.2, -0.15) is 4.31 Å². The van der Waals surface area contributed by atoms with E-state index < -0.39 is 16.1 Å². The maximum atomic E-state index is 12.0. The standard InChI is InChI=1S/C26H33N5O4S/c1-19-8-9-21-22(31(19)26(32)33)10-11-23-25(21)27-24(18-20-6-4-3-5-7-20)30(23)17-14-28-12-15-29(16-13-28)36(2,34)35/h3-7,10-11,19H,8-9,12-18H2,1-2H3,(H,32,33)/t19-/m0/s1. The Morgan fingerprint density at radius 1 is 1.06 bits per heavy atom. The van der Waals surface area contributed by atoms with Crippen LogP contribution in [0.3, 0.4) is 0 Å². The van der Waals surface area contributed by atoms with Crippen molar-refractivity contribution in [2.24, 2.45) is 0 Å². The second-order valence-corrected chi connectivity index (χ2v) is 11.8. The molecule has 2 aliphatic rings. The fourth-order valence-corrected chi connectivity index (χ4v) is 6.28. The summed E-state index contributed by atoms with van der Waals surface area (Å²) in [6.07, 6.45) is 2.59. The highest BCUT2D eigenvalue weighted by molar-refractivity contribution is 7.88. The number of benzene rings is 2. The quantitative estimate of drug-likeness (QED) is 0.546. The van der Waals surface area contributed by atoms with Gasteiger partial charge in [0, 0.05) is 57.3 Å². The molecule has 1 fully saturated rings. The van der Waals surface area contributed by atoms with Gasteiger partial charge in [0.2, 0.25) is 10.0 Å². The molecule has 3 heterocycles. The molecule has 2 aromatic carbocycles. The summed E-state index contributed by atoms with van der Waals surface area (Å²) in [7, 11) is -3.16. The van der Waals surface area contributed by atoms with Gasteiger partial charge in [0.05, 0.1) is 23.0 Å². The smallest absolute Gasteiger partial charge is 0.412 e. The summed E-state index contributed by atoms with van der Waals surface area (Å²) < 4.78 is 27.5. The zero-order valence-electron chi connectivity index (χ0n) is 20.8. The molecule has 192 valence electrons. The number of sulfonamides is 1. The number of carboxylic acid groups (broad SMARTS) is 1. The van der Waals surface area contributed by atoms with Crippen molar-refractivity contribution in [3.63, 3.8) is 0 Å². The normalized spacial score (nSPS) is 19.5. The van der Waals surface area contributed by atoms with E-state index in [1.54, 1.807) is 4.31 Å². The molecule has 0 bridgehead atoms. The zero-order valence-corrected chi connectivity index (χ0v) is 21.6. The average molecular weight is 512 g/mol. The number of piperazine rings is 1. The number of carbonyl (C=O) groups is 1. The van der Waals surface area contributed by atoms with E-state index >= 15 is 0 Å². The molecule has 36 heavy (non-hydrogen) atoms. The number of hydrogen-bond donors (Lipinski definition) is 1. The first kappa shape index (κ1) is 24.7. The highest BCUT2D eigenvalue weighted by Crippen LogP contribution is 2.36. The minimum absolute atomic E-state index is 0.0658. The minimum atomic E-state index is -3.16. The van der Waals surface area contributed by atoms with Crippen LogP contribution in [-0.4, -0.2) is 83.4 Å². The van der Waals surface area contributed by atoms with E-state index in [1.807, 2.05) is 37.3 Å². The van der Waals surface area contributed by atoms with Crippen molar-refractivity contribution in [1.29, 1.82) is 0 Å². The highest BCUT2D eigenvalue weighted by atomic mass is 32.2. The molecule has 5 rings (SSSR count). The van der Waals surface area contributed by atoms with Crippen LogP contribution < -0.4 is 4.90 Å². The number of anilines is 1. The second kappa shape index (κ2) is 9.84. The maximum absolute atomic E-state index is 12.0. The Morgan fingerprint density at radius 3 is 2.44 bits per heavy atom. The summed E-state index contributed by atoms with van der Waals surface area (Å²) in [5.41, 5.74) is 4.82. The third-order valence-electron chi connectivity index (χ3n) is 7.44. The third-order valence-corrected chi connectivity index (χ3v) is 8.75. The molecule has 0 unspecified atom stereocenters. The Hall–Kier alpha value is -2.95. The maximum Gasteiger partial charge on any atom is 0.412 e. The van der Waals surface area contributed by atoms with Crippen molar-refractivity contribution in [1.82, 2.24) is 18.8 Å². The Balaban J connectivity index is 1.47. The number of aryl methyl sites for hydroxylation is 1. The molecule has 9 nitrogen and oxygen atoms in total. The number of rotatable bonds is 6. The van der Waals surface area contributed by atoms with Crippen LogP contribution in [0.15, 0.2) is 42.5 Å². The molecule has 2 aliphatic heterocycles. The molecule has 10 heteroatoms. The average Bonchev–Trinajstić information content (AvgIpc) is 3.19. The molecule has 0 radical (unpaired) electrons. The predicted molar refractivity (Wildman–Crippen MR) is 140 cm³/mol. The topological polar surface area (TPSA) is 99.0 Å². The summed E-state index contributed by atoms with van der Waals surface area (Å²) in [5, 5.41) is 9.83. The minimum Gasteiger partial charge on any atom is -0.465 e. The lowest BCUT2D eigenvalue weighted by Gasteiger charge is -2.33. The molecule has 1 atom stereocenters. The Labute approximate surface area is 212 Å². The largest absolute Gasteiger partial charge is 0.465 e. The predicted octanol–water partition coefficient (Wildman–Crippen LogP) is 3.02. The van der Waals surface area contributed by atoms with Crippen LogP contribution in [0.2, 0.25) is 0 Å². The molecule has 3 aromatic rings. The van der Waals surface area contributed by atoms with Crippen molar-refractivity contribution in [3.8, 4) is 0 Å². The number of nitrogens with zero attached hydrogens (tertiary/aromatic N) is 5. The van der Waals surface area contributed by atoms with Gasteiger partial charge in [-0.3, -0.25) is 9.80 Å². The lowest BCUT2D eigenvalue weighted by atomic mass is 9.96. The van der Waals surface area contributed by atoms with Gasteiger partial charge in [-0.15, -0.1) is 0 Å². The van der Waals surface area contributed by atoms with E-state index in [9.17, 15) is 18.3 Å². The summed E-state index contributed by atoms with van der Waals surface area (Å²) in [4.78, 5) is 20.8. The van der Waals surface area contributed by atoms with Gasteiger partial charge in [-0.1, -0.05) is 30.3 Å². The van der Waals surface area contributed by atoms with Gasteiger partial charge >= 0.3 is 6.09 Å². The molecule has 0 aliphatic carbocycles. The fraction of sp³-hybridized carbons (Fsp3) is 0.462. The monoisotopic (exact) mass is 511 g/mol. The molecule has 1 amide bonds. The zero-order chi connectivity index (χ0) is 25.4. The van der Waals surface area contributed by atoms with Gasteiger partial charge in [0.15, 0.2) is 0 Å². The van der Waals surface area contributed by atoms with Crippen LogP contribution in [0, 0.1) is 0 Å². The van der Waals surface area contributed by atoms with Crippen LogP contribution in [0.4, 0.5) is 10.5 Å². The second-order valence-electron chi connectivity index (χ2n) is 9.82. The van der Waals surface area contributed by atoms with Crippen LogP contribution >= 0.6 is 0 Å². The fourth-order valence-electron chi connectivity index (χ4n) is 5.46. The third kappa shape index (κ3) is 4.85. The molecule has 0 saturated carbocycles. The van der Waals surface area contributed by atoms with E-state index in [-0.39, 0.29) is 6.04 Å². The number of aromatic nitrogens is 2. The van der Waals surface area contributed by atoms with Gasteiger partial charge in [-0.05, 0) is 37.5 Å². The van der Waals surface area contributed by atoms with Gasteiger partial charge in [0.1, 0.15) is 5.82 Å². The Morgan fingerprint density at radius 2 is 1.78 bits per heavy atom. The Bertz CT molecular complexity index is 1360. The van der Waals surface area contributed by atoms with E-state index in [0.717, 1.165) is 54.0 Å². The molecule has 0 spiro atoms. The van der Waals surface area contributed by atoms with Crippen molar-refractivity contribution < 1.29 is 18.3 Å². The van der Waals surface area contributed by atoms with Crippen LogP contribution in [0.25, 0.3) is 11.0 Å². The summed E-state index contributed by atoms with van der Waals surface area (Å²) in [6, 6.07) is 14.1. The summed E-state index contributed by atoms with van der Waals surface area (Å²) in [6.45, 7) is 5.90. The SMILES string of the molecule is C[C@H]1CCc2c(ccc3c2nc(Cc2ccccc2)n3CCN2CCN(S(C)(=O)=O)CC2)N1C(=O)O. The lowest BCUT2D eigenvalue weighted by molar-refractivity contribution is 0.183. The first-order valence-corrected chi connectivity index (χ1v) is 14.3. The number of hydrogen-bond acceptors (Lipinski definition) is 5. The van der Waals surface area contributed by atoms with Crippen molar-refractivity contribution in [2.75, 3.05) is 43.9 Å². The first-order chi connectivity index (χ1) is 17.2. The van der Waals surface area contributed by atoms with E-state index in [0.29, 0.717) is 32.6 Å². The van der Waals surface area contributed by atoms with Crippen LogP contribution in [0.5, 0.6) is 0 Å². The van der Waals surface area contributed by atoms with Crippen molar-refractivity contribution >= 4 is 32.8 Å². The van der Waals surface area contributed by atoms with E-state index in [1.165, 1.54) is 16.7 Å². The molecule has 1 aromatic heterocycles. The number of fused-ring (bicyclic) bond motifs is 3. The molecular formula is C26H33N5O4S. The van der Waals surface area contributed by atoms with E-state index in [4.69, 9.17) is 4.98 Å². The van der Waals surface area contributed by atoms with Crippen molar-refractivity contribution in [3.05, 3.63) is 59.4 Å². The molecular weight excluding hydrogens is 478 g/mol. The summed E-state index contributed by atoms with van der Waals surface area (Å²) in [5.74, 6) is 0.958. The van der Waals surface area contributed by atoms with Gasteiger partial charge in [-0.25, -0.2) is 18.2 Å². The first-order valence-electron chi connectivity index (χ1n) is 12.5. The molecule has 1 saturated heterocycles.